The number of nitrogens with one attached hydrogen (secondary N) is 1. The third kappa shape index (κ3) is 3.96. The van der Waals surface area contributed by atoms with Crippen LogP contribution in [0.3, 0.4) is 0 Å². The smallest absolute Gasteiger partial charge is 0.318 e. The van der Waals surface area contributed by atoms with Gasteiger partial charge in [0.05, 0.1) is 25.3 Å². The van der Waals surface area contributed by atoms with Crippen molar-refractivity contribution in [3.8, 4) is 5.75 Å². The minimum atomic E-state index is -0.421. The lowest BCUT2D eigenvalue weighted by molar-refractivity contribution is -0.132. The summed E-state index contributed by atoms with van der Waals surface area (Å²) in [5.74, 6) is 0.965. The molecule has 1 spiro atoms. The van der Waals surface area contributed by atoms with E-state index in [1.807, 2.05) is 35.9 Å². The van der Waals surface area contributed by atoms with Crippen LogP contribution in [0.15, 0.2) is 18.2 Å². The van der Waals surface area contributed by atoms with E-state index < -0.39 is 6.04 Å². The van der Waals surface area contributed by atoms with Crippen molar-refractivity contribution in [3.05, 3.63) is 29.5 Å². The van der Waals surface area contributed by atoms with Gasteiger partial charge in [0, 0.05) is 61.7 Å². The van der Waals surface area contributed by atoms with Crippen LogP contribution < -0.4 is 10.1 Å². The first-order valence-corrected chi connectivity index (χ1v) is 13.0. The minimum absolute atomic E-state index is 0.0872. The number of benzene rings is 1. The highest BCUT2D eigenvalue weighted by atomic mass is 16.5. The molecular formula is C27H38N4O4. The van der Waals surface area contributed by atoms with Gasteiger partial charge in [0.1, 0.15) is 5.75 Å². The fraction of sp³-hybridized carbons (Fsp3) is 0.630. The summed E-state index contributed by atoms with van der Waals surface area (Å²) in [5.41, 5.74) is 2.99. The number of aliphatic hydroxyl groups excluding tert-OH is 1. The fourth-order valence-corrected chi connectivity index (χ4v) is 6.72. The number of amides is 3. The molecule has 0 radical (unpaired) electrons. The van der Waals surface area contributed by atoms with Crippen LogP contribution in [0.25, 0.3) is 10.9 Å². The number of likely N-dealkylation sites (tertiary alicyclic amines) is 1. The summed E-state index contributed by atoms with van der Waals surface area (Å²) in [6.07, 6.45) is 6.42. The van der Waals surface area contributed by atoms with E-state index in [4.69, 9.17) is 4.74 Å². The molecule has 1 aromatic carbocycles. The average Bonchev–Trinajstić information content (AvgIpc) is 3.50. The van der Waals surface area contributed by atoms with E-state index in [-0.39, 0.29) is 30.0 Å². The number of ether oxygens (including phenoxy) is 1. The monoisotopic (exact) mass is 482 g/mol. The van der Waals surface area contributed by atoms with Gasteiger partial charge in [0.25, 0.3) is 0 Å². The molecule has 1 aliphatic carbocycles. The van der Waals surface area contributed by atoms with Crippen LogP contribution >= 0.6 is 0 Å². The molecule has 1 saturated heterocycles. The lowest BCUT2D eigenvalue weighted by Crippen LogP contribution is -2.58. The van der Waals surface area contributed by atoms with E-state index in [1.54, 1.807) is 7.11 Å². The number of nitrogens with zero attached hydrogens (tertiary/aromatic N) is 3. The van der Waals surface area contributed by atoms with Crippen LogP contribution in [0.2, 0.25) is 0 Å². The van der Waals surface area contributed by atoms with E-state index in [0.717, 1.165) is 60.9 Å². The standard InChI is InChI=1S/C27H38N4O4/c1-4-23(33)30-13-11-27(12-14-30)17-31(26(34)28-18-7-5-6-8-18)22(16-32)25-24(27)20-10-9-19(35-3)15-21(20)29(25)2/h9-10,15,18,22,32H,4-8,11-14,16-17H2,1-3H3,(H,28,34)/t22-/m1/s1. The second-order valence-electron chi connectivity index (χ2n) is 10.5. The molecule has 5 rings (SSSR count). The zero-order valence-corrected chi connectivity index (χ0v) is 21.2. The van der Waals surface area contributed by atoms with Crippen molar-refractivity contribution in [3.63, 3.8) is 0 Å². The molecule has 3 aliphatic rings. The number of aliphatic hydroxyl groups is 1. The number of rotatable bonds is 4. The molecule has 2 fully saturated rings. The molecule has 2 N–H and O–H groups in total. The fourth-order valence-electron chi connectivity index (χ4n) is 6.72. The maximum atomic E-state index is 13.6. The highest BCUT2D eigenvalue weighted by Gasteiger charge is 2.50. The van der Waals surface area contributed by atoms with E-state index in [0.29, 0.717) is 26.1 Å². The second kappa shape index (κ2) is 9.37. The first-order chi connectivity index (χ1) is 16.9. The normalized spacial score (nSPS) is 22.0. The molecule has 8 heteroatoms. The zero-order valence-electron chi connectivity index (χ0n) is 21.2. The van der Waals surface area contributed by atoms with Crippen molar-refractivity contribution in [1.29, 1.82) is 0 Å². The Labute approximate surface area is 207 Å². The quantitative estimate of drug-likeness (QED) is 0.699. The predicted octanol–water partition coefficient (Wildman–Crippen LogP) is 3.46. The van der Waals surface area contributed by atoms with Gasteiger partial charge in [-0.15, -0.1) is 0 Å². The van der Waals surface area contributed by atoms with E-state index in [1.165, 1.54) is 5.56 Å². The van der Waals surface area contributed by atoms with Gasteiger partial charge in [-0.05, 0) is 43.4 Å². The summed E-state index contributed by atoms with van der Waals surface area (Å²) in [6.45, 7) is 3.68. The Morgan fingerprint density at radius 3 is 2.54 bits per heavy atom. The van der Waals surface area contributed by atoms with Gasteiger partial charge >= 0.3 is 6.03 Å². The minimum Gasteiger partial charge on any atom is -0.497 e. The summed E-state index contributed by atoms with van der Waals surface area (Å²) in [5, 5.41) is 15.0. The van der Waals surface area contributed by atoms with Crippen molar-refractivity contribution < 1.29 is 19.4 Å². The Morgan fingerprint density at radius 2 is 1.91 bits per heavy atom. The van der Waals surface area contributed by atoms with Crippen molar-refractivity contribution in [1.82, 2.24) is 19.7 Å². The summed E-state index contributed by atoms with van der Waals surface area (Å²) in [4.78, 5) is 29.9. The number of piperidine rings is 1. The highest BCUT2D eigenvalue weighted by molar-refractivity contribution is 5.89. The predicted molar refractivity (Wildman–Crippen MR) is 135 cm³/mol. The lowest BCUT2D eigenvalue weighted by Gasteiger charge is -2.50. The number of aryl methyl sites for hydroxylation is 1. The second-order valence-corrected chi connectivity index (χ2v) is 10.5. The third-order valence-electron chi connectivity index (χ3n) is 8.64. The van der Waals surface area contributed by atoms with Gasteiger partial charge in [-0.2, -0.15) is 0 Å². The number of carbonyl (C=O) groups excluding carboxylic acids is 2. The van der Waals surface area contributed by atoms with Crippen LogP contribution in [-0.4, -0.2) is 70.8 Å². The van der Waals surface area contributed by atoms with Gasteiger partial charge in [-0.25, -0.2) is 4.79 Å². The maximum Gasteiger partial charge on any atom is 0.318 e. The summed E-state index contributed by atoms with van der Waals surface area (Å²) in [7, 11) is 3.68. The van der Waals surface area contributed by atoms with Gasteiger partial charge in [0.2, 0.25) is 5.91 Å². The van der Waals surface area contributed by atoms with Crippen molar-refractivity contribution in [2.45, 2.75) is 69.4 Å². The van der Waals surface area contributed by atoms with E-state index >= 15 is 0 Å². The molecule has 3 amide bonds. The number of hydrogen-bond donors (Lipinski definition) is 2. The number of carbonyl (C=O) groups is 2. The van der Waals surface area contributed by atoms with Crippen molar-refractivity contribution in [2.24, 2.45) is 7.05 Å². The summed E-state index contributed by atoms with van der Waals surface area (Å²) < 4.78 is 7.64. The molecule has 2 aromatic rings. The number of urea groups is 1. The largest absolute Gasteiger partial charge is 0.497 e. The molecule has 1 aromatic heterocycles. The van der Waals surface area contributed by atoms with Crippen LogP contribution in [0, 0.1) is 0 Å². The van der Waals surface area contributed by atoms with Crippen molar-refractivity contribution >= 4 is 22.8 Å². The Hall–Kier alpha value is -2.74. The topological polar surface area (TPSA) is 87.0 Å². The molecule has 1 saturated carbocycles. The van der Waals surface area contributed by atoms with E-state index in [2.05, 4.69) is 16.0 Å². The molecule has 2 aliphatic heterocycles. The molecule has 190 valence electrons. The Balaban J connectivity index is 1.60. The first kappa shape index (κ1) is 24.0. The molecule has 8 nitrogen and oxygen atoms in total. The zero-order chi connectivity index (χ0) is 24.7. The first-order valence-electron chi connectivity index (χ1n) is 13.0. The van der Waals surface area contributed by atoms with Crippen molar-refractivity contribution in [2.75, 3.05) is 33.4 Å². The van der Waals surface area contributed by atoms with Crippen LogP contribution in [-0.2, 0) is 17.3 Å². The SMILES string of the molecule is CCC(=O)N1CCC2(CC1)CN(C(=O)NC1CCCC1)[C@H](CO)c1c2c2ccc(OC)cc2n1C. The average molecular weight is 483 g/mol. The molecule has 0 bridgehead atoms. The molecule has 1 atom stereocenters. The molecule has 0 unspecified atom stereocenters. The van der Waals surface area contributed by atoms with Crippen LogP contribution in [0.5, 0.6) is 5.75 Å². The molecule has 3 heterocycles. The van der Waals surface area contributed by atoms with Gasteiger partial charge in [0.15, 0.2) is 0 Å². The van der Waals surface area contributed by atoms with Crippen LogP contribution in [0.4, 0.5) is 4.79 Å². The van der Waals surface area contributed by atoms with Crippen LogP contribution in [0.1, 0.15) is 69.2 Å². The number of hydrogen-bond acceptors (Lipinski definition) is 4. The van der Waals surface area contributed by atoms with Gasteiger partial charge < -0.3 is 29.5 Å². The number of aromatic nitrogens is 1. The van der Waals surface area contributed by atoms with Gasteiger partial charge in [-0.3, -0.25) is 4.79 Å². The number of methoxy groups -OCH3 is 1. The van der Waals surface area contributed by atoms with E-state index in [9.17, 15) is 14.7 Å². The summed E-state index contributed by atoms with van der Waals surface area (Å²) >= 11 is 0. The van der Waals surface area contributed by atoms with Gasteiger partial charge in [-0.1, -0.05) is 19.8 Å². The molecule has 35 heavy (non-hydrogen) atoms. The Morgan fingerprint density at radius 1 is 1.20 bits per heavy atom. The molecular weight excluding hydrogens is 444 g/mol. The lowest BCUT2D eigenvalue weighted by atomic mass is 9.68. The Bertz CT molecular complexity index is 1110. The summed E-state index contributed by atoms with van der Waals surface area (Å²) in [6, 6.07) is 5.83. The Kier molecular flexibility index (Phi) is 6.42. The third-order valence-corrected chi connectivity index (χ3v) is 8.64. The highest BCUT2D eigenvalue weighted by Crippen LogP contribution is 2.50. The maximum absolute atomic E-state index is 13.6. The number of fused-ring (bicyclic) bond motifs is 4.